The standard InChI is InChI=1S/C16H26N4O4/c1-4-16(9-23-14(21)13(18)10(2)3)7-5-12(24-16)20-8-6-11(17)19-15(20)22/h6,8,10,12-13H,4-5,7,9,18H2,1-3H3,(H2,17,19,22)/t12-,13?,16+/m1/s1. The van der Waals surface area contributed by atoms with Gasteiger partial charge in [0.25, 0.3) is 0 Å². The average molecular weight is 338 g/mol. The third-order valence-electron chi connectivity index (χ3n) is 4.51. The van der Waals surface area contributed by atoms with Gasteiger partial charge in [0.05, 0.1) is 0 Å². The summed E-state index contributed by atoms with van der Waals surface area (Å²) in [4.78, 5) is 27.6. The van der Waals surface area contributed by atoms with E-state index in [1.807, 2.05) is 20.8 Å². The van der Waals surface area contributed by atoms with Crippen LogP contribution in [-0.4, -0.2) is 33.8 Å². The van der Waals surface area contributed by atoms with Gasteiger partial charge >= 0.3 is 11.7 Å². The summed E-state index contributed by atoms with van der Waals surface area (Å²) in [6, 6.07) is 0.901. The van der Waals surface area contributed by atoms with Crippen molar-refractivity contribution in [3.8, 4) is 0 Å². The van der Waals surface area contributed by atoms with Gasteiger partial charge in [-0.1, -0.05) is 20.8 Å². The fraction of sp³-hybridized carbons (Fsp3) is 0.688. The van der Waals surface area contributed by atoms with Crippen molar-refractivity contribution < 1.29 is 14.3 Å². The van der Waals surface area contributed by atoms with Crippen molar-refractivity contribution in [1.29, 1.82) is 0 Å². The van der Waals surface area contributed by atoms with Crippen LogP contribution >= 0.6 is 0 Å². The summed E-state index contributed by atoms with van der Waals surface area (Å²) in [5.41, 5.74) is 10.2. The Kier molecular flexibility index (Phi) is 5.61. The van der Waals surface area contributed by atoms with E-state index in [0.29, 0.717) is 19.3 Å². The van der Waals surface area contributed by atoms with Crippen molar-refractivity contribution in [2.75, 3.05) is 12.3 Å². The fourth-order valence-corrected chi connectivity index (χ4v) is 2.67. The maximum absolute atomic E-state index is 12.0. The molecule has 0 amide bonds. The summed E-state index contributed by atoms with van der Waals surface area (Å²) in [7, 11) is 0. The summed E-state index contributed by atoms with van der Waals surface area (Å²) in [6.45, 7) is 5.81. The number of nitrogens with two attached hydrogens (primary N) is 2. The van der Waals surface area contributed by atoms with Crippen LogP contribution in [-0.2, 0) is 14.3 Å². The molecule has 4 N–H and O–H groups in total. The van der Waals surface area contributed by atoms with Crippen molar-refractivity contribution in [1.82, 2.24) is 9.55 Å². The van der Waals surface area contributed by atoms with Crippen LogP contribution in [0.25, 0.3) is 0 Å². The summed E-state index contributed by atoms with van der Waals surface area (Å²) in [6.07, 6.45) is 3.09. The van der Waals surface area contributed by atoms with Gasteiger partial charge in [-0.3, -0.25) is 9.36 Å². The Morgan fingerprint density at radius 2 is 2.29 bits per heavy atom. The lowest BCUT2D eigenvalue weighted by atomic mass is 9.98. The second-order valence-electron chi connectivity index (χ2n) is 6.57. The molecule has 2 heterocycles. The summed E-state index contributed by atoms with van der Waals surface area (Å²) in [5.74, 6) is -0.254. The van der Waals surface area contributed by atoms with Crippen LogP contribution in [0.15, 0.2) is 17.1 Å². The number of aromatic nitrogens is 2. The van der Waals surface area contributed by atoms with E-state index in [9.17, 15) is 9.59 Å². The average Bonchev–Trinajstić information content (AvgIpc) is 2.96. The molecule has 0 spiro atoms. The number of nitrogens with zero attached hydrogens (tertiary/aromatic N) is 2. The summed E-state index contributed by atoms with van der Waals surface area (Å²) >= 11 is 0. The molecule has 1 aliphatic heterocycles. The van der Waals surface area contributed by atoms with Gasteiger partial charge in [-0.05, 0) is 31.2 Å². The van der Waals surface area contributed by atoms with Gasteiger partial charge in [0, 0.05) is 6.20 Å². The van der Waals surface area contributed by atoms with Gasteiger partial charge in [0.1, 0.15) is 30.3 Å². The first-order valence-corrected chi connectivity index (χ1v) is 8.22. The maximum atomic E-state index is 12.0. The molecule has 1 fully saturated rings. The minimum Gasteiger partial charge on any atom is -0.461 e. The zero-order valence-corrected chi connectivity index (χ0v) is 14.4. The second kappa shape index (κ2) is 7.31. The molecule has 0 radical (unpaired) electrons. The van der Waals surface area contributed by atoms with Crippen molar-refractivity contribution in [3.63, 3.8) is 0 Å². The Morgan fingerprint density at radius 1 is 1.58 bits per heavy atom. The van der Waals surface area contributed by atoms with Crippen LogP contribution in [0.1, 0.15) is 46.3 Å². The molecule has 0 aliphatic carbocycles. The highest BCUT2D eigenvalue weighted by molar-refractivity contribution is 5.75. The van der Waals surface area contributed by atoms with Crippen molar-refractivity contribution in [3.05, 3.63) is 22.7 Å². The zero-order chi connectivity index (χ0) is 17.9. The molecule has 0 bridgehead atoms. The molecule has 3 atom stereocenters. The number of hydrogen-bond acceptors (Lipinski definition) is 7. The Hall–Kier alpha value is -1.93. The highest BCUT2D eigenvalue weighted by atomic mass is 16.6. The molecule has 0 saturated carbocycles. The molecular weight excluding hydrogens is 312 g/mol. The molecule has 2 rings (SSSR count). The third kappa shape index (κ3) is 3.93. The Bertz CT molecular complexity index is 645. The topological polar surface area (TPSA) is 122 Å². The zero-order valence-electron chi connectivity index (χ0n) is 14.4. The van der Waals surface area contributed by atoms with Gasteiger partial charge in [0.15, 0.2) is 0 Å². The Balaban J connectivity index is 2.04. The van der Waals surface area contributed by atoms with Crippen LogP contribution in [0.4, 0.5) is 5.82 Å². The fourth-order valence-electron chi connectivity index (χ4n) is 2.67. The molecule has 0 aromatic carbocycles. The van der Waals surface area contributed by atoms with E-state index in [0.717, 1.165) is 0 Å². The molecule has 1 saturated heterocycles. The first kappa shape index (κ1) is 18.4. The minimum absolute atomic E-state index is 0.00625. The normalized spacial score (nSPS) is 25.0. The monoisotopic (exact) mass is 338 g/mol. The van der Waals surface area contributed by atoms with Crippen LogP contribution in [0.3, 0.4) is 0 Å². The van der Waals surface area contributed by atoms with E-state index >= 15 is 0 Å². The molecule has 134 valence electrons. The summed E-state index contributed by atoms with van der Waals surface area (Å²) in [5, 5.41) is 0. The molecule has 8 heteroatoms. The molecule has 1 aliphatic rings. The third-order valence-corrected chi connectivity index (χ3v) is 4.51. The smallest absolute Gasteiger partial charge is 0.351 e. The number of ether oxygens (including phenoxy) is 2. The molecule has 1 aromatic rings. The van der Waals surface area contributed by atoms with Crippen molar-refractivity contribution in [2.24, 2.45) is 11.7 Å². The van der Waals surface area contributed by atoms with E-state index in [2.05, 4.69) is 4.98 Å². The van der Waals surface area contributed by atoms with Crippen LogP contribution < -0.4 is 17.2 Å². The highest BCUT2D eigenvalue weighted by Gasteiger charge is 2.41. The van der Waals surface area contributed by atoms with Gasteiger partial charge < -0.3 is 20.9 Å². The van der Waals surface area contributed by atoms with Crippen molar-refractivity contribution in [2.45, 2.75) is 57.9 Å². The van der Waals surface area contributed by atoms with Gasteiger partial charge in [-0.2, -0.15) is 4.98 Å². The van der Waals surface area contributed by atoms with Gasteiger partial charge in [-0.15, -0.1) is 0 Å². The minimum atomic E-state index is -0.653. The Labute approximate surface area is 141 Å². The maximum Gasteiger partial charge on any atom is 0.351 e. The van der Waals surface area contributed by atoms with Gasteiger partial charge in [0.2, 0.25) is 0 Å². The Morgan fingerprint density at radius 3 is 2.88 bits per heavy atom. The molecular formula is C16H26N4O4. The highest BCUT2D eigenvalue weighted by Crippen LogP contribution is 2.38. The number of carbonyl (C=O) groups excluding carboxylic acids is 1. The van der Waals surface area contributed by atoms with E-state index in [1.54, 1.807) is 12.3 Å². The predicted molar refractivity (Wildman–Crippen MR) is 89.1 cm³/mol. The van der Waals surface area contributed by atoms with E-state index in [-0.39, 0.29) is 18.3 Å². The number of rotatable bonds is 6. The number of nitrogen functional groups attached to an aromatic ring is 1. The number of hydrogen-bond donors (Lipinski definition) is 2. The van der Waals surface area contributed by atoms with Crippen molar-refractivity contribution >= 4 is 11.8 Å². The van der Waals surface area contributed by atoms with E-state index < -0.39 is 29.5 Å². The second-order valence-corrected chi connectivity index (χ2v) is 6.57. The first-order valence-electron chi connectivity index (χ1n) is 8.22. The van der Waals surface area contributed by atoms with Crippen LogP contribution in [0, 0.1) is 5.92 Å². The van der Waals surface area contributed by atoms with E-state index in [4.69, 9.17) is 20.9 Å². The molecule has 1 unspecified atom stereocenters. The molecule has 8 nitrogen and oxygen atoms in total. The largest absolute Gasteiger partial charge is 0.461 e. The van der Waals surface area contributed by atoms with Crippen LogP contribution in [0.2, 0.25) is 0 Å². The molecule has 24 heavy (non-hydrogen) atoms. The quantitative estimate of drug-likeness (QED) is 0.736. The molecule has 1 aromatic heterocycles. The first-order chi connectivity index (χ1) is 11.3. The lowest BCUT2D eigenvalue weighted by molar-refractivity contribution is -0.161. The SMILES string of the molecule is CC[C@@]1(COC(=O)C(N)C(C)C)CC[C@H](n2ccc(N)nc2=O)O1. The lowest BCUT2D eigenvalue weighted by Crippen LogP contribution is -2.41. The van der Waals surface area contributed by atoms with E-state index in [1.165, 1.54) is 4.57 Å². The number of anilines is 1. The van der Waals surface area contributed by atoms with Crippen LogP contribution in [0.5, 0.6) is 0 Å². The van der Waals surface area contributed by atoms with Gasteiger partial charge in [-0.25, -0.2) is 4.79 Å². The number of esters is 1. The predicted octanol–water partition coefficient (Wildman–Crippen LogP) is 0.810. The number of carbonyl (C=O) groups is 1. The summed E-state index contributed by atoms with van der Waals surface area (Å²) < 4.78 is 12.8. The lowest BCUT2D eigenvalue weighted by Gasteiger charge is -2.28.